The molecule has 2 heteroatoms. The van der Waals surface area contributed by atoms with Gasteiger partial charge in [0.2, 0.25) is 0 Å². The van der Waals surface area contributed by atoms with E-state index in [0.717, 1.165) is 25.2 Å². The van der Waals surface area contributed by atoms with Gasteiger partial charge in [0.1, 0.15) is 5.76 Å². The number of hydrogen-bond acceptors (Lipinski definition) is 2. The molecule has 86 valence electrons. The van der Waals surface area contributed by atoms with Gasteiger partial charge in [-0.05, 0) is 37.0 Å². The summed E-state index contributed by atoms with van der Waals surface area (Å²) in [5.74, 6) is 0.975. The third-order valence-corrected chi connectivity index (χ3v) is 2.80. The van der Waals surface area contributed by atoms with Crippen molar-refractivity contribution in [1.29, 1.82) is 0 Å². The lowest BCUT2D eigenvalue weighted by Gasteiger charge is -2.04. The third-order valence-electron chi connectivity index (χ3n) is 2.80. The maximum absolute atomic E-state index is 5.54. The number of unbranched alkanes of at least 4 members (excludes halogenated alkanes) is 2. The molecule has 1 aliphatic carbocycles. The van der Waals surface area contributed by atoms with Crippen LogP contribution in [0.4, 0.5) is 0 Å². The summed E-state index contributed by atoms with van der Waals surface area (Å²) in [5, 5.41) is 0. The Morgan fingerprint density at radius 1 is 1.19 bits per heavy atom. The lowest BCUT2D eigenvalue weighted by molar-refractivity contribution is 0.192. The summed E-state index contributed by atoms with van der Waals surface area (Å²) in [5.41, 5.74) is 2.49. The topological polar surface area (TPSA) is 22.4 Å². The molecule has 0 aromatic carbocycles. The van der Waals surface area contributed by atoms with Crippen molar-refractivity contribution in [2.75, 3.05) is 13.7 Å². The molecule has 0 bridgehead atoms. The van der Waals surface area contributed by atoms with Crippen LogP contribution in [-0.2, 0) is 11.2 Å². The fraction of sp³-hybridized carbons (Fsp3) is 0.429. The van der Waals surface area contributed by atoms with Gasteiger partial charge in [0.05, 0.1) is 6.26 Å². The van der Waals surface area contributed by atoms with Crippen LogP contribution >= 0.6 is 0 Å². The summed E-state index contributed by atoms with van der Waals surface area (Å²) in [6.45, 7) is 0.867. The molecule has 0 amide bonds. The van der Waals surface area contributed by atoms with Gasteiger partial charge in [-0.15, -0.1) is 0 Å². The number of rotatable bonds is 6. The molecule has 0 saturated carbocycles. The van der Waals surface area contributed by atoms with E-state index >= 15 is 0 Å². The maximum Gasteiger partial charge on any atom is 0.133 e. The van der Waals surface area contributed by atoms with E-state index in [1.54, 1.807) is 7.11 Å². The molecule has 1 heterocycles. The van der Waals surface area contributed by atoms with E-state index in [-0.39, 0.29) is 0 Å². The van der Waals surface area contributed by atoms with Gasteiger partial charge in [-0.2, -0.15) is 0 Å². The average molecular weight is 218 g/mol. The van der Waals surface area contributed by atoms with E-state index < -0.39 is 0 Å². The predicted octanol–water partition coefficient (Wildman–Crippen LogP) is 3.74. The molecular formula is C14H18O2. The number of hydrogen-bond donors (Lipinski definition) is 0. The molecule has 0 atom stereocenters. The SMILES string of the molecule is COCCCCCc1coc2cccc-2c1. The molecule has 0 aromatic heterocycles. The molecule has 0 spiro atoms. The van der Waals surface area contributed by atoms with Crippen molar-refractivity contribution in [1.82, 2.24) is 0 Å². The van der Waals surface area contributed by atoms with E-state index in [0.29, 0.717) is 0 Å². The molecule has 2 aliphatic rings. The summed E-state index contributed by atoms with van der Waals surface area (Å²) in [6, 6.07) is 8.33. The summed E-state index contributed by atoms with van der Waals surface area (Å²) in [4.78, 5) is 0. The predicted molar refractivity (Wildman–Crippen MR) is 64.8 cm³/mol. The van der Waals surface area contributed by atoms with Gasteiger partial charge in [0.25, 0.3) is 0 Å². The van der Waals surface area contributed by atoms with E-state index in [1.807, 2.05) is 18.4 Å². The minimum absolute atomic E-state index is 0.867. The van der Waals surface area contributed by atoms with Crippen molar-refractivity contribution in [2.24, 2.45) is 0 Å². The van der Waals surface area contributed by atoms with Crippen molar-refractivity contribution in [3.63, 3.8) is 0 Å². The third kappa shape index (κ3) is 2.86. The minimum atomic E-state index is 0.867. The Morgan fingerprint density at radius 2 is 2.12 bits per heavy atom. The summed E-state index contributed by atoms with van der Waals surface area (Å²) < 4.78 is 10.6. The van der Waals surface area contributed by atoms with Crippen molar-refractivity contribution in [3.8, 4) is 11.3 Å². The number of methoxy groups -OCH3 is 1. The number of aryl methyl sites for hydroxylation is 1. The maximum atomic E-state index is 5.54. The van der Waals surface area contributed by atoms with Crippen LogP contribution in [0.25, 0.3) is 11.3 Å². The largest absolute Gasteiger partial charge is 0.464 e. The summed E-state index contributed by atoms with van der Waals surface area (Å²) in [7, 11) is 1.75. The van der Waals surface area contributed by atoms with Crippen molar-refractivity contribution in [3.05, 3.63) is 36.1 Å². The Kier molecular flexibility index (Phi) is 4.00. The second-order valence-electron chi connectivity index (χ2n) is 4.10. The van der Waals surface area contributed by atoms with Gasteiger partial charge in [0, 0.05) is 19.3 Å². The highest BCUT2D eigenvalue weighted by molar-refractivity contribution is 5.60. The first-order valence-electron chi connectivity index (χ1n) is 5.85. The first-order chi connectivity index (χ1) is 7.90. The molecule has 0 unspecified atom stereocenters. The fourth-order valence-corrected chi connectivity index (χ4v) is 1.90. The fourth-order valence-electron chi connectivity index (χ4n) is 1.90. The van der Waals surface area contributed by atoms with Crippen LogP contribution in [0.3, 0.4) is 0 Å². The smallest absolute Gasteiger partial charge is 0.133 e. The van der Waals surface area contributed by atoms with Crippen LogP contribution in [0.5, 0.6) is 0 Å². The van der Waals surface area contributed by atoms with E-state index in [2.05, 4.69) is 12.1 Å². The highest BCUT2D eigenvalue weighted by Gasteiger charge is 2.04. The zero-order chi connectivity index (χ0) is 11.2. The van der Waals surface area contributed by atoms with Gasteiger partial charge >= 0.3 is 0 Å². The van der Waals surface area contributed by atoms with Gasteiger partial charge in [-0.25, -0.2) is 0 Å². The second kappa shape index (κ2) is 5.71. The van der Waals surface area contributed by atoms with Gasteiger partial charge in [-0.1, -0.05) is 18.6 Å². The Balaban J connectivity index is 1.83. The molecule has 2 rings (SSSR count). The molecular weight excluding hydrogens is 200 g/mol. The first-order valence-corrected chi connectivity index (χ1v) is 5.85. The molecule has 0 aromatic rings. The Labute approximate surface area is 96.6 Å². The quantitative estimate of drug-likeness (QED) is 0.689. The van der Waals surface area contributed by atoms with E-state index in [1.165, 1.54) is 24.0 Å². The molecule has 0 fully saturated rings. The van der Waals surface area contributed by atoms with Crippen LogP contribution in [0, 0.1) is 0 Å². The van der Waals surface area contributed by atoms with Crippen LogP contribution in [0.15, 0.2) is 34.9 Å². The van der Waals surface area contributed by atoms with Gasteiger partial charge < -0.3 is 9.15 Å². The van der Waals surface area contributed by atoms with Gasteiger partial charge in [0.15, 0.2) is 0 Å². The standard InChI is InChI=1S/C14H18O2/c1-15-9-4-2-3-6-12-10-13-7-5-8-14(13)16-11-12/h5,7-8,10-11H,2-4,6,9H2,1H3. The number of ether oxygens (including phenoxy) is 1. The lowest BCUT2D eigenvalue weighted by atomic mass is 10.1. The molecule has 16 heavy (non-hydrogen) atoms. The Bertz CT molecular complexity index is 392. The zero-order valence-corrected chi connectivity index (χ0v) is 9.74. The molecule has 1 aliphatic heterocycles. The zero-order valence-electron chi connectivity index (χ0n) is 9.74. The van der Waals surface area contributed by atoms with Crippen molar-refractivity contribution >= 4 is 0 Å². The van der Waals surface area contributed by atoms with Crippen molar-refractivity contribution in [2.45, 2.75) is 25.7 Å². The minimum Gasteiger partial charge on any atom is -0.464 e. The monoisotopic (exact) mass is 218 g/mol. The highest BCUT2D eigenvalue weighted by atomic mass is 16.5. The molecule has 0 radical (unpaired) electrons. The van der Waals surface area contributed by atoms with Crippen LogP contribution in [-0.4, -0.2) is 13.7 Å². The molecule has 0 saturated heterocycles. The van der Waals surface area contributed by atoms with E-state index in [9.17, 15) is 0 Å². The molecule has 0 N–H and O–H groups in total. The van der Waals surface area contributed by atoms with Gasteiger partial charge in [-0.3, -0.25) is 0 Å². The van der Waals surface area contributed by atoms with E-state index in [4.69, 9.17) is 9.15 Å². The first kappa shape index (κ1) is 11.2. The summed E-state index contributed by atoms with van der Waals surface area (Å²) >= 11 is 0. The van der Waals surface area contributed by atoms with Crippen molar-refractivity contribution < 1.29 is 9.15 Å². The summed E-state index contributed by atoms with van der Waals surface area (Å²) in [6.07, 6.45) is 6.53. The van der Waals surface area contributed by atoms with Crippen LogP contribution in [0.1, 0.15) is 24.8 Å². The van der Waals surface area contributed by atoms with Crippen LogP contribution in [0.2, 0.25) is 0 Å². The Morgan fingerprint density at radius 3 is 3.00 bits per heavy atom. The average Bonchev–Trinajstić information content (AvgIpc) is 2.76. The normalized spacial score (nSPS) is 11.1. The second-order valence-corrected chi connectivity index (χ2v) is 4.10. The number of fused-ring (bicyclic) bond motifs is 1. The lowest BCUT2D eigenvalue weighted by Crippen LogP contribution is -1.91. The highest BCUT2D eigenvalue weighted by Crippen LogP contribution is 2.24. The Hall–Kier alpha value is -1.28. The molecule has 2 nitrogen and oxygen atoms in total. The van der Waals surface area contributed by atoms with Crippen LogP contribution < -0.4 is 0 Å².